The van der Waals surface area contributed by atoms with Gasteiger partial charge in [-0.3, -0.25) is 14.2 Å². The van der Waals surface area contributed by atoms with Crippen molar-refractivity contribution in [1.29, 1.82) is 0 Å². The molecule has 0 fully saturated rings. The third kappa shape index (κ3) is 2.44. The third-order valence-electron chi connectivity index (χ3n) is 3.82. The Labute approximate surface area is 132 Å². The van der Waals surface area contributed by atoms with Crippen LogP contribution in [0.4, 0.5) is 4.39 Å². The molecule has 23 heavy (non-hydrogen) atoms. The van der Waals surface area contributed by atoms with E-state index in [-0.39, 0.29) is 22.7 Å². The highest BCUT2D eigenvalue weighted by Gasteiger charge is 2.17. The first-order valence-corrected chi connectivity index (χ1v) is 7.17. The molecule has 2 aromatic carbocycles. The quantitative estimate of drug-likeness (QED) is 0.683. The smallest absolute Gasteiger partial charge is 0.261 e. The summed E-state index contributed by atoms with van der Waals surface area (Å²) in [5.74, 6) is -0.447. The molecule has 3 rings (SSSR count). The minimum atomic E-state index is -0.467. The van der Waals surface area contributed by atoms with Crippen LogP contribution >= 0.6 is 0 Å². The van der Waals surface area contributed by atoms with Gasteiger partial charge in [0, 0.05) is 12.6 Å². The van der Waals surface area contributed by atoms with Crippen LogP contribution in [0.3, 0.4) is 0 Å². The molecule has 0 atom stereocenters. The van der Waals surface area contributed by atoms with Gasteiger partial charge in [0.1, 0.15) is 11.6 Å². The van der Waals surface area contributed by atoms with Gasteiger partial charge >= 0.3 is 0 Å². The second-order valence-corrected chi connectivity index (χ2v) is 5.54. The molecule has 0 unspecified atom stereocenters. The first kappa shape index (κ1) is 15.1. The zero-order valence-corrected chi connectivity index (χ0v) is 13.1. The van der Waals surface area contributed by atoms with Gasteiger partial charge in [-0.2, -0.15) is 0 Å². The number of carbonyl (C=O) groups excluding carboxylic acids is 1. The summed E-state index contributed by atoms with van der Waals surface area (Å²) < 4.78 is 15.4. The van der Waals surface area contributed by atoms with Crippen molar-refractivity contribution in [3.63, 3.8) is 0 Å². The highest BCUT2D eigenvalue weighted by atomic mass is 19.1. The Morgan fingerprint density at radius 2 is 1.91 bits per heavy atom. The molecule has 5 heteroatoms. The largest absolute Gasteiger partial charge is 0.295 e. The number of hydrogen-bond donors (Lipinski definition) is 0. The SMILES string of the molecule is CC(=O)c1cc(C)cc2c(=O)n(C)c(-c3ccccc3F)nc12. The molecule has 0 aliphatic rings. The Morgan fingerprint density at radius 3 is 2.57 bits per heavy atom. The lowest BCUT2D eigenvalue weighted by Crippen LogP contribution is -2.21. The van der Waals surface area contributed by atoms with Crippen LogP contribution in [0, 0.1) is 12.7 Å². The maximum Gasteiger partial charge on any atom is 0.261 e. The molecule has 4 nitrogen and oxygen atoms in total. The Hall–Kier alpha value is -2.82. The van der Waals surface area contributed by atoms with E-state index in [1.54, 1.807) is 37.4 Å². The van der Waals surface area contributed by atoms with E-state index in [4.69, 9.17) is 0 Å². The first-order chi connectivity index (χ1) is 10.9. The average Bonchev–Trinajstić information content (AvgIpc) is 2.51. The molecule has 0 aliphatic heterocycles. The minimum Gasteiger partial charge on any atom is -0.295 e. The Balaban J connectivity index is 2.48. The van der Waals surface area contributed by atoms with Crippen LogP contribution in [-0.2, 0) is 7.05 Å². The van der Waals surface area contributed by atoms with Crippen LogP contribution in [0.1, 0.15) is 22.8 Å². The fourth-order valence-corrected chi connectivity index (χ4v) is 2.67. The number of fused-ring (bicyclic) bond motifs is 1. The summed E-state index contributed by atoms with van der Waals surface area (Å²) in [5, 5.41) is 0.359. The lowest BCUT2D eigenvalue weighted by Gasteiger charge is -2.12. The average molecular weight is 310 g/mol. The van der Waals surface area contributed by atoms with E-state index in [2.05, 4.69) is 4.98 Å². The number of carbonyl (C=O) groups is 1. The first-order valence-electron chi connectivity index (χ1n) is 7.17. The summed E-state index contributed by atoms with van der Waals surface area (Å²) in [6.07, 6.45) is 0. The molecule has 0 saturated heterocycles. The molecule has 3 aromatic rings. The fraction of sp³-hybridized carbons (Fsp3) is 0.167. The lowest BCUT2D eigenvalue weighted by atomic mass is 10.0. The molecule has 0 radical (unpaired) electrons. The summed E-state index contributed by atoms with van der Waals surface area (Å²) in [7, 11) is 1.55. The number of hydrogen-bond acceptors (Lipinski definition) is 3. The van der Waals surface area contributed by atoms with Crippen LogP contribution in [0.5, 0.6) is 0 Å². The van der Waals surface area contributed by atoms with Gasteiger partial charge in [-0.1, -0.05) is 12.1 Å². The molecular formula is C18H15FN2O2. The van der Waals surface area contributed by atoms with E-state index >= 15 is 0 Å². The maximum absolute atomic E-state index is 14.1. The van der Waals surface area contributed by atoms with Gasteiger partial charge in [0.2, 0.25) is 0 Å². The predicted octanol–water partition coefficient (Wildman–Crippen LogP) is 3.25. The summed E-state index contributed by atoms with van der Waals surface area (Å²) in [6, 6.07) is 9.51. The number of aryl methyl sites for hydroxylation is 1. The highest BCUT2D eigenvalue weighted by Crippen LogP contribution is 2.23. The molecule has 0 amide bonds. The third-order valence-corrected chi connectivity index (χ3v) is 3.82. The maximum atomic E-state index is 14.1. The number of ketones is 1. The number of aromatic nitrogens is 2. The van der Waals surface area contributed by atoms with E-state index in [0.717, 1.165) is 5.56 Å². The van der Waals surface area contributed by atoms with Gasteiger partial charge in [0.15, 0.2) is 5.78 Å². The molecule has 0 spiro atoms. The molecule has 1 aromatic heterocycles. The topological polar surface area (TPSA) is 52.0 Å². The normalized spacial score (nSPS) is 11.0. The lowest BCUT2D eigenvalue weighted by molar-refractivity contribution is 0.101. The van der Waals surface area contributed by atoms with E-state index in [1.807, 2.05) is 6.92 Å². The van der Waals surface area contributed by atoms with Crippen molar-refractivity contribution in [2.75, 3.05) is 0 Å². The molecule has 0 bridgehead atoms. The number of Topliss-reactive ketones (excluding diaryl/α,β-unsaturated/α-hetero) is 1. The van der Waals surface area contributed by atoms with Gasteiger partial charge < -0.3 is 0 Å². The Bertz CT molecular complexity index is 1010. The van der Waals surface area contributed by atoms with Crippen LogP contribution in [0.2, 0.25) is 0 Å². The molecule has 1 heterocycles. The van der Waals surface area contributed by atoms with Crippen LogP contribution in [0.25, 0.3) is 22.3 Å². The monoisotopic (exact) mass is 310 g/mol. The molecule has 0 aliphatic carbocycles. The van der Waals surface area contributed by atoms with Gasteiger partial charge in [-0.25, -0.2) is 9.37 Å². The van der Waals surface area contributed by atoms with Crippen LogP contribution < -0.4 is 5.56 Å². The highest BCUT2D eigenvalue weighted by molar-refractivity contribution is 6.05. The van der Waals surface area contributed by atoms with Crippen molar-refractivity contribution in [1.82, 2.24) is 9.55 Å². The van der Waals surface area contributed by atoms with Crippen LogP contribution in [-0.4, -0.2) is 15.3 Å². The van der Waals surface area contributed by atoms with Crippen molar-refractivity contribution >= 4 is 16.7 Å². The molecule has 116 valence electrons. The van der Waals surface area contributed by atoms with Gasteiger partial charge in [0.05, 0.1) is 16.5 Å². The van der Waals surface area contributed by atoms with Crippen molar-refractivity contribution in [3.05, 3.63) is 63.7 Å². The Kier molecular flexibility index (Phi) is 3.56. The number of rotatable bonds is 2. The zero-order valence-electron chi connectivity index (χ0n) is 13.1. The molecular weight excluding hydrogens is 295 g/mol. The number of halogens is 1. The van der Waals surface area contributed by atoms with Crippen molar-refractivity contribution in [2.45, 2.75) is 13.8 Å². The summed E-state index contributed by atoms with van der Waals surface area (Å²) in [6.45, 7) is 3.24. The minimum absolute atomic E-state index is 0.182. The summed E-state index contributed by atoms with van der Waals surface area (Å²) in [4.78, 5) is 29.0. The van der Waals surface area contributed by atoms with Crippen molar-refractivity contribution < 1.29 is 9.18 Å². The van der Waals surface area contributed by atoms with E-state index in [1.165, 1.54) is 17.6 Å². The number of benzene rings is 2. The van der Waals surface area contributed by atoms with Crippen LogP contribution in [0.15, 0.2) is 41.2 Å². The van der Waals surface area contributed by atoms with E-state index < -0.39 is 5.82 Å². The molecule has 0 saturated carbocycles. The second-order valence-electron chi connectivity index (χ2n) is 5.54. The van der Waals surface area contributed by atoms with Gasteiger partial charge in [-0.15, -0.1) is 0 Å². The fourth-order valence-electron chi connectivity index (χ4n) is 2.67. The standard InChI is InChI=1S/C18H15FN2O2/c1-10-8-13(11(2)22)16-14(9-10)18(23)21(3)17(20-16)12-6-4-5-7-15(12)19/h4-9H,1-3H3. The number of nitrogens with zero attached hydrogens (tertiary/aromatic N) is 2. The summed E-state index contributed by atoms with van der Waals surface area (Å²) in [5.41, 5.74) is 1.41. The zero-order chi connectivity index (χ0) is 16.7. The van der Waals surface area contributed by atoms with E-state index in [9.17, 15) is 14.0 Å². The molecule has 0 N–H and O–H groups in total. The van der Waals surface area contributed by atoms with Crippen molar-refractivity contribution in [3.8, 4) is 11.4 Å². The van der Waals surface area contributed by atoms with Crippen molar-refractivity contribution in [2.24, 2.45) is 7.05 Å². The second kappa shape index (κ2) is 5.43. The van der Waals surface area contributed by atoms with Gasteiger partial charge in [-0.05, 0) is 43.7 Å². The Morgan fingerprint density at radius 1 is 1.22 bits per heavy atom. The van der Waals surface area contributed by atoms with Gasteiger partial charge in [0.25, 0.3) is 5.56 Å². The van der Waals surface area contributed by atoms with E-state index in [0.29, 0.717) is 16.5 Å². The summed E-state index contributed by atoms with van der Waals surface area (Å²) >= 11 is 0. The predicted molar refractivity (Wildman–Crippen MR) is 87.1 cm³/mol.